The molecule has 1 aliphatic rings. The van der Waals surface area contributed by atoms with Crippen molar-refractivity contribution in [2.75, 3.05) is 40.0 Å². The van der Waals surface area contributed by atoms with Crippen LogP contribution in [0.1, 0.15) is 46.0 Å². The van der Waals surface area contributed by atoms with Crippen LogP contribution < -0.4 is 4.74 Å². The summed E-state index contributed by atoms with van der Waals surface area (Å²) in [5.74, 6) is -0.999. The van der Waals surface area contributed by atoms with Gasteiger partial charge in [0.2, 0.25) is 10.0 Å². The molecular weight excluding hydrogens is 446 g/mol. The number of ketones is 1. The summed E-state index contributed by atoms with van der Waals surface area (Å²) < 4.78 is 43.0. The molecule has 1 fully saturated rings. The van der Waals surface area contributed by atoms with Crippen LogP contribution in [0.4, 0.5) is 0 Å². The third-order valence-electron chi connectivity index (χ3n) is 5.42. The number of ether oxygens (including phenoxy) is 3. The zero-order valence-corrected chi connectivity index (χ0v) is 19.7. The quantitative estimate of drug-likeness (QED) is 0.385. The molecule has 8 nitrogen and oxygen atoms in total. The van der Waals surface area contributed by atoms with Crippen LogP contribution in [0.5, 0.6) is 5.75 Å². The van der Waals surface area contributed by atoms with Crippen LogP contribution in [0.15, 0.2) is 47.4 Å². The van der Waals surface area contributed by atoms with Crippen LogP contribution in [-0.2, 0) is 25.9 Å². The maximum Gasteiger partial charge on any atom is 0.338 e. The lowest BCUT2D eigenvalue weighted by molar-refractivity contribution is 0.0474. The van der Waals surface area contributed by atoms with Gasteiger partial charge in [-0.3, -0.25) is 4.79 Å². The molecule has 0 aliphatic carbocycles. The second-order valence-corrected chi connectivity index (χ2v) is 9.59. The Morgan fingerprint density at radius 3 is 2.33 bits per heavy atom. The lowest BCUT2D eigenvalue weighted by atomic mass is 10.0. The van der Waals surface area contributed by atoms with Crippen LogP contribution in [0.2, 0.25) is 0 Å². The fourth-order valence-electron chi connectivity index (χ4n) is 3.47. The standard InChI is InChI=1S/C24H29NO7S/c1-3-4-5-18-6-8-19(9-7-18)21(26)17-32-24(27)20-10-11-22(30-2)23(16-20)33(28,29)25-12-14-31-15-13-25/h6-11,16H,3-5,12-15,17H2,1-2H3. The second kappa shape index (κ2) is 11.4. The number of carbonyl (C=O) groups excluding carboxylic acids is 2. The predicted octanol–water partition coefficient (Wildman–Crippen LogP) is 3.10. The zero-order chi connectivity index (χ0) is 23.8. The Labute approximate surface area is 194 Å². The monoisotopic (exact) mass is 475 g/mol. The maximum absolute atomic E-state index is 13.1. The van der Waals surface area contributed by atoms with Crippen molar-refractivity contribution in [3.05, 3.63) is 59.2 Å². The van der Waals surface area contributed by atoms with Gasteiger partial charge in [0.15, 0.2) is 12.4 Å². The third kappa shape index (κ3) is 6.19. The van der Waals surface area contributed by atoms with E-state index < -0.39 is 22.6 Å². The summed E-state index contributed by atoms with van der Waals surface area (Å²) in [6, 6.07) is 11.3. The number of sulfonamides is 1. The SMILES string of the molecule is CCCCc1ccc(C(=O)COC(=O)c2ccc(OC)c(S(=O)(=O)N3CCOCC3)c2)cc1. The average Bonchev–Trinajstić information content (AvgIpc) is 2.86. The van der Waals surface area contributed by atoms with Gasteiger partial charge in [-0.05, 0) is 36.6 Å². The maximum atomic E-state index is 13.1. The molecule has 178 valence electrons. The number of unbranched alkanes of at least 4 members (excludes halogenated alkanes) is 1. The van der Waals surface area contributed by atoms with Gasteiger partial charge in [-0.15, -0.1) is 0 Å². The number of hydrogen-bond acceptors (Lipinski definition) is 7. The highest BCUT2D eigenvalue weighted by Gasteiger charge is 2.30. The number of aryl methyl sites for hydroxylation is 1. The highest BCUT2D eigenvalue weighted by atomic mass is 32.2. The fraction of sp³-hybridized carbons (Fsp3) is 0.417. The van der Waals surface area contributed by atoms with Crippen molar-refractivity contribution in [1.29, 1.82) is 0 Å². The summed E-state index contributed by atoms with van der Waals surface area (Å²) in [5, 5.41) is 0. The Hall–Kier alpha value is -2.75. The van der Waals surface area contributed by atoms with E-state index >= 15 is 0 Å². The van der Waals surface area contributed by atoms with Gasteiger partial charge in [-0.25, -0.2) is 13.2 Å². The second-order valence-electron chi connectivity index (χ2n) is 7.68. The van der Waals surface area contributed by atoms with E-state index in [1.54, 1.807) is 12.1 Å². The van der Waals surface area contributed by atoms with Crippen LogP contribution in [0.25, 0.3) is 0 Å². The van der Waals surface area contributed by atoms with Gasteiger partial charge < -0.3 is 14.2 Å². The highest BCUT2D eigenvalue weighted by molar-refractivity contribution is 7.89. The van der Waals surface area contributed by atoms with E-state index in [0.29, 0.717) is 18.8 Å². The smallest absolute Gasteiger partial charge is 0.338 e. The number of esters is 1. The number of hydrogen-bond donors (Lipinski definition) is 0. The van der Waals surface area contributed by atoms with Crippen molar-refractivity contribution in [1.82, 2.24) is 4.31 Å². The normalized spacial score (nSPS) is 14.6. The first kappa shape index (κ1) is 24.9. The van der Waals surface area contributed by atoms with Crippen LogP contribution >= 0.6 is 0 Å². The largest absolute Gasteiger partial charge is 0.495 e. The number of benzene rings is 2. The van der Waals surface area contributed by atoms with Crippen LogP contribution in [0, 0.1) is 0 Å². The molecule has 0 unspecified atom stereocenters. The van der Waals surface area contributed by atoms with Gasteiger partial charge in [0, 0.05) is 18.7 Å². The first-order chi connectivity index (χ1) is 15.9. The summed E-state index contributed by atoms with van der Waals surface area (Å²) >= 11 is 0. The molecule has 0 N–H and O–H groups in total. The summed E-state index contributed by atoms with van der Waals surface area (Å²) in [6.07, 6.45) is 3.13. The Morgan fingerprint density at radius 2 is 1.70 bits per heavy atom. The number of morpholine rings is 1. The topological polar surface area (TPSA) is 99.2 Å². The molecule has 0 spiro atoms. The number of carbonyl (C=O) groups is 2. The fourth-order valence-corrected chi connectivity index (χ4v) is 5.06. The molecule has 0 radical (unpaired) electrons. The van der Waals surface area contributed by atoms with E-state index in [0.717, 1.165) is 24.8 Å². The Bertz CT molecular complexity index is 1070. The Balaban J connectivity index is 1.69. The lowest BCUT2D eigenvalue weighted by Gasteiger charge is -2.26. The molecule has 1 aliphatic heterocycles. The molecule has 1 saturated heterocycles. The van der Waals surface area contributed by atoms with Gasteiger partial charge in [-0.2, -0.15) is 4.31 Å². The highest BCUT2D eigenvalue weighted by Crippen LogP contribution is 2.28. The van der Waals surface area contributed by atoms with E-state index in [1.165, 1.54) is 29.6 Å². The van der Waals surface area contributed by atoms with Gasteiger partial charge in [0.25, 0.3) is 0 Å². The van der Waals surface area contributed by atoms with Crippen LogP contribution in [0.3, 0.4) is 0 Å². The van der Waals surface area contributed by atoms with E-state index in [-0.39, 0.29) is 35.1 Å². The first-order valence-electron chi connectivity index (χ1n) is 10.9. The Morgan fingerprint density at radius 1 is 1.03 bits per heavy atom. The van der Waals surface area contributed by atoms with Crippen molar-refractivity contribution in [2.45, 2.75) is 31.1 Å². The van der Waals surface area contributed by atoms with Gasteiger partial charge in [0.05, 0.1) is 25.9 Å². The van der Waals surface area contributed by atoms with Gasteiger partial charge in [0.1, 0.15) is 10.6 Å². The summed E-state index contributed by atoms with van der Waals surface area (Å²) in [7, 11) is -2.53. The first-order valence-corrected chi connectivity index (χ1v) is 12.4. The summed E-state index contributed by atoms with van der Waals surface area (Å²) in [4.78, 5) is 24.9. The molecule has 0 amide bonds. The lowest BCUT2D eigenvalue weighted by Crippen LogP contribution is -2.40. The number of methoxy groups -OCH3 is 1. The van der Waals surface area contributed by atoms with Crippen molar-refractivity contribution in [2.24, 2.45) is 0 Å². The molecule has 0 atom stereocenters. The van der Waals surface area contributed by atoms with E-state index in [1.807, 2.05) is 12.1 Å². The number of nitrogens with zero attached hydrogens (tertiary/aromatic N) is 1. The van der Waals surface area contributed by atoms with Crippen molar-refractivity contribution >= 4 is 21.8 Å². The van der Waals surface area contributed by atoms with Crippen molar-refractivity contribution in [3.8, 4) is 5.75 Å². The molecule has 33 heavy (non-hydrogen) atoms. The van der Waals surface area contributed by atoms with E-state index in [9.17, 15) is 18.0 Å². The molecular formula is C24H29NO7S. The van der Waals surface area contributed by atoms with Crippen molar-refractivity contribution < 1.29 is 32.2 Å². The zero-order valence-electron chi connectivity index (χ0n) is 18.9. The molecule has 0 bridgehead atoms. The predicted molar refractivity (Wildman–Crippen MR) is 122 cm³/mol. The molecule has 2 aromatic rings. The molecule has 0 aromatic heterocycles. The molecule has 3 rings (SSSR count). The Kier molecular flexibility index (Phi) is 8.60. The summed E-state index contributed by atoms with van der Waals surface area (Å²) in [5.41, 5.74) is 1.62. The molecule has 1 heterocycles. The van der Waals surface area contributed by atoms with Crippen LogP contribution in [-0.4, -0.2) is 64.5 Å². The average molecular weight is 476 g/mol. The molecule has 9 heteroatoms. The summed E-state index contributed by atoms with van der Waals surface area (Å²) in [6.45, 7) is 2.70. The van der Waals surface area contributed by atoms with Gasteiger partial charge >= 0.3 is 5.97 Å². The number of Topliss-reactive ketones (excluding diaryl/α,β-unsaturated/α-hetero) is 1. The van der Waals surface area contributed by atoms with Gasteiger partial charge in [-0.1, -0.05) is 37.6 Å². The van der Waals surface area contributed by atoms with E-state index in [4.69, 9.17) is 14.2 Å². The minimum absolute atomic E-state index is 0.0188. The third-order valence-corrected chi connectivity index (χ3v) is 7.34. The minimum atomic E-state index is -3.89. The molecule has 0 saturated carbocycles. The minimum Gasteiger partial charge on any atom is -0.495 e. The van der Waals surface area contributed by atoms with Crippen molar-refractivity contribution in [3.63, 3.8) is 0 Å². The number of rotatable bonds is 10. The van der Waals surface area contributed by atoms with E-state index in [2.05, 4.69) is 6.92 Å². The molecule has 2 aromatic carbocycles.